The summed E-state index contributed by atoms with van der Waals surface area (Å²) in [4.78, 5) is 2.33. The predicted octanol–water partition coefficient (Wildman–Crippen LogP) is 4.11. The van der Waals surface area contributed by atoms with E-state index >= 15 is 0 Å². The fraction of sp³-hybridized carbons (Fsp3) is 0.444. The predicted molar refractivity (Wildman–Crippen MR) is 88.6 cm³/mol. The van der Waals surface area contributed by atoms with Crippen molar-refractivity contribution >= 4 is 5.69 Å². The van der Waals surface area contributed by atoms with E-state index in [0.717, 1.165) is 38.4 Å². The fourth-order valence-electron chi connectivity index (χ4n) is 2.38. The van der Waals surface area contributed by atoms with Gasteiger partial charge >= 0.3 is 0 Å². The van der Waals surface area contributed by atoms with Crippen molar-refractivity contribution in [3.63, 3.8) is 0 Å². The minimum atomic E-state index is 0.815. The van der Waals surface area contributed by atoms with Gasteiger partial charge in [-0.05, 0) is 45.0 Å². The Hall–Kier alpha value is -1.74. The van der Waals surface area contributed by atoms with Crippen LogP contribution in [-0.4, -0.2) is 13.1 Å². The highest BCUT2D eigenvalue weighted by molar-refractivity contribution is 5.47. The molecule has 0 amide bonds. The van der Waals surface area contributed by atoms with Crippen LogP contribution in [0.4, 0.5) is 5.69 Å². The summed E-state index contributed by atoms with van der Waals surface area (Å²) in [7, 11) is 0. The normalized spacial score (nSPS) is 10.8. The molecule has 114 valence electrons. The average molecular weight is 286 g/mol. The maximum absolute atomic E-state index is 5.69. The highest BCUT2D eigenvalue weighted by Crippen LogP contribution is 2.20. The van der Waals surface area contributed by atoms with Gasteiger partial charge in [0.25, 0.3) is 0 Å². The van der Waals surface area contributed by atoms with Crippen LogP contribution >= 0.6 is 0 Å². The van der Waals surface area contributed by atoms with E-state index in [2.05, 4.69) is 61.3 Å². The Morgan fingerprint density at radius 1 is 1.10 bits per heavy atom. The highest BCUT2D eigenvalue weighted by Gasteiger charge is 2.11. The van der Waals surface area contributed by atoms with Crippen LogP contribution in [0.2, 0.25) is 0 Å². The molecule has 3 nitrogen and oxygen atoms in total. The van der Waals surface area contributed by atoms with Gasteiger partial charge in [-0.2, -0.15) is 0 Å². The molecule has 0 atom stereocenters. The van der Waals surface area contributed by atoms with Gasteiger partial charge in [0.1, 0.15) is 5.76 Å². The minimum Gasteiger partial charge on any atom is -0.467 e. The van der Waals surface area contributed by atoms with Gasteiger partial charge in [-0.3, -0.25) is 0 Å². The van der Waals surface area contributed by atoms with Gasteiger partial charge in [0.15, 0.2) is 0 Å². The molecular formula is C18H26N2O. The number of anilines is 1. The Bertz CT molecular complexity index is 530. The van der Waals surface area contributed by atoms with Crippen molar-refractivity contribution in [3.8, 4) is 0 Å². The molecule has 0 aliphatic rings. The van der Waals surface area contributed by atoms with Crippen molar-refractivity contribution in [1.82, 2.24) is 5.32 Å². The number of furan rings is 1. The van der Waals surface area contributed by atoms with E-state index in [9.17, 15) is 0 Å². The molecule has 0 aliphatic carbocycles. The molecule has 0 fully saturated rings. The van der Waals surface area contributed by atoms with E-state index in [1.807, 2.05) is 0 Å². The summed E-state index contributed by atoms with van der Waals surface area (Å²) in [5.74, 6) is 1.06. The van der Waals surface area contributed by atoms with Crippen molar-refractivity contribution in [3.05, 3.63) is 53.5 Å². The Kier molecular flexibility index (Phi) is 5.88. The molecule has 0 aliphatic heterocycles. The summed E-state index contributed by atoms with van der Waals surface area (Å²) >= 11 is 0. The first-order chi connectivity index (χ1) is 10.2. The Balaban J connectivity index is 2.05. The first kappa shape index (κ1) is 15.6. The summed E-state index contributed by atoms with van der Waals surface area (Å²) in [6.07, 6.45) is 2.94. The molecule has 1 heterocycles. The van der Waals surface area contributed by atoms with Gasteiger partial charge in [-0.15, -0.1) is 0 Å². The van der Waals surface area contributed by atoms with Gasteiger partial charge in [0.05, 0.1) is 12.8 Å². The molecule has 2 aromatic rings. The second kappa shape index (κ2) is 7.89. The van der Waals surface area contributed by atoms with Crippen molar-refractivity contribution in [2.24, 2.45) is 0 Å². The van der Waals surface area contributed by atoms with Gasteiger partial charge in [0, 0.05) is 24.3 Å². The molecule has 0 saturated heterocycles. The Morgan fingerprint density at radius 2 is 1.86 bits per heavy atom. The molecular weight excluding hydrogens is 260 g/mol. The molecule has 0 radical (unpaired) electrons. The number of aryl methyl sites for hydroxylation is 1. The summed E-state index contributed by atoms with van der Waals surface area (Å²) < 4.78 is 5.69. The fourth-order valence-corrected chi connectivity index (χ4v) is 2.38. The van der Waals surface area contributed by atoms with Crippen molar-refractivity contribution in [2.45, 2.75) is 40.3 Å². The van der Waals surface area contributed by atoms with Crippen molar-refractivity contribution < 1.29 is 4.42 Å². The molecule has 1 aromatic carbocycles. The number of benzene rings is 1. The van der Waals surface area contributed by atoms with E-state index in [1.165, 1.54) is 16.8 Å². The Labute approximate surface area is 128 Å². The van der Waals surface area contributed by atoms with Crippen molar-refractivity contribution in [1.29, 1.82) is 0 Å². The van der Waals surface area contributed by atoms with E-state index in [0.29, 0.717) is 0 Å². The molecule has 0 spiro atoms. The SMILES string of the molecule is CCCNCc1ccoc1CN(CC)c1ccc(C)cc1. The lowest BCUT2D eigenvalue weighted by Gasteiger charge is -2.22. The molecule has 0 saturated carbocycles. The molecule has 0 bridgehead atoms. The van der Waals surface area contributed by atoms with Crippen LogP contribution in [0.3, 0.4) is 0 Å². The van der Waals surface area contributed by atoms with E-state index in [4.69, 9.17) is 4.42 Å². The van der Waals surface area contributed by atoms with E-state index < -0.39 is 0 Å². The second-order valence-electron chi connectivity index (χ2n) is 5.40. The van der Waals surface area contributed by atoms with Gasteiger partial charge in [-0.25, -0.2) is 0 Å². The molecule has 3 heteroatoms. The third kappa shape index (κ3) is 4.36. The van der Waals surface area contributed by atoms with Crippen LogP contribution in [-0.2, 0) is 13.1 Å². The molecule has 1 N–H and O–H groups in total. The molecule has 0 unspecified atom stereocenters. The van der Waals surface area contributed by atoms with Crippen molar-refractivity contribution in [2.75, 3.05) is 18.0 Å². The third-order valence-electron chi connectivity index (χ3n) is 3.70. The average Bonchev–Trinajstić information content (AvgIpc) is 2.93. The maximum Gasteiger partial charge on any atom is 0.127 e. The van der Waals surface area contributed by atoms with E-state index in [-0.39, 0.29) is 0 Å². The zero-order valence-electron chi connectivity index (χ0n) is 13.4. The first-order valence-electron chi connectivity index (χ1n) is 7.82. The molecule has 2 rings (SSSR count). The van der Waals surface area contributed by atoms with E-state index in [1.54, 1.807) is 6.26 Å². The minimum absolute atomic E-state index is 0.815. The van der Waals surface area contributed by atoms with Crippen LogP contribution in [0.15, 0.2) is 41.0 Å². The smallest absolute Gasteiger partial charge is 0.127 e. The zero-order chi connectivity index (χ0) is 15.1. The summed E-state index contributed by atoms with van der Waals surface area (Å²) in [6.45, 7) is 10.2. The summed E-state index contributed by atoms with van der Waals surface area (Å²) in [6, 6.07) is 10.7. The lowest BCUT2D eigenvalue weighted by molar-refractivity contribution is 0.495. The summed E-state index contributed by atoms with van der Waals surface area (Å²) in [5.41, 5.74) is 3.79. The quantitative estimate of drug-likeness (QED) is 0.740. The number of nitrogens with zero attached hydrogens (tertiary/aromatic N) is 1. The molecule has 1 aromatic heterocycles. The monoisotopic (exact) mass is 286 g/mol. The topological polar surface area (TPSA) is 28.4 Å². The maximum atomic E-state index is 5.69. The molecule has 21 heavy (non-hydrogen) atoms. The first-order valence-corrected chi connectivity index (χ1v) is 7.82. The van der Waals surface area contributed by atoms with Crippen LogP contribution in [0.1, 0.15) is 37.2 Å². The van der Waals surface area contributed by atoms with Crippen LogP contribution in [0.25, 0.3) is 0 Å². The number of rotatable bonds is 8. The zero-order valence-corrected chi connectivity index (χ0v) is 13.4. The number of hydrogen-bond acceptors (Lipinski definition) is 3. The second-order valence-corrected chi connectivity index (χ2v) is 5.40. The van der Waals surface area contributed by atoms with Crippen LogP contribution in [0, 0.1) is 6.92 Å². The number of nitrogens with one attached hydrogen (secondary N) is 1. The largest absolute Gasteiger partial charge is 0.467 e. The highest BCUT2D eigenvalue weighted by atomic mass is 16.3. The third-order valence-corrected chi connectivity index (χ3v) is 3.70. The Morgan fingerprint density at radius 3 is 2.52 bits per heavy atom. The lowest BCUT2D eigenvalue weighted by Crippen LogP contribution is -2.23. The summed E-state index contributed by atoms with van der Waals surface area (Å²) in [5, 5.41) is 3.44. The van der Waals surface area contributed by atoms with Gasteiger partial charge in [-0.1, -0.05) is 24.6 Å². The standard InChI is InChI=1S/C18H26N2O/c1-4-11-19-13-16-10-12-21-18(16)14-20(5-2)17-8-6-15(3)7-9-17/h6-10,12,19H,4-5,11,13-14H2,1-3H3. The van der Waals surface area contributed by atoms with Crippen LogP contribution in [0.5, 0.6) is 0 Å². The number of hydrogen-bond donors (Lipinski definition) is 1. The van der Waals surface area contributed by atoms with Crippen LogP contribution < -0.4 is 10.2 Å². The van der Waals surface area contributed by atoms with Gasteiger partial charge in [0.2, 0.25) is 0 Å². The lowest BCUT2D eigenvalue weighted by atomic mass is 10.2. The van der Waals surface area contributed by atoms with Gasteiger partial charge < -0.3 is 14.6 Å².